The van der Waals surface area contributed by atoms with Crippen molar-refractivity contribution < 1.29 is 8.78 Å². The average molecular weight is 381 g/mol. The van der Waals surface area contributed by atoms with E-state index in [0.717, 1.165) is 36.2 Å². The SMILES string of the molecule is CC(C)[C@H](NCc1nn(-c2ccc(F)cc2)c2c1CCC2)c1ccc(F)cc1. The summed E-state index contributed by atoms with van der Waals surface area (Å²) in [5.74, 6) is -0.103. The summed E-state index contributed by atoms with van der Waals surface area (Å²) in [5.41, 5.74) is 5.55. The normalized spacial score (nSPS) is 14.5. The minimum Gasteiger partial charge on any atom is -0.304 e. The second-order valence-electron chi connectivity index (χ2n) is 7.77. The Morgan fingerprint density at radius 1 is 0.964 bits per heavy atom. The molecule has 1 aliphatic rings. The Hall–Kier alpha value is -2.53. The molecule has 0 saturated carbocycles. The third kappa shape index (κ3) is 3.72. The van der Waals surface area contributed by atoms with E-state index in [0.29, 0.717) is 12.5 Å². The van der Waals surface area contributed by atoms with Crippen molar-refractivity contribution in [3.63, 3.8) is 0 Å². The van der Waals surface area contributed by atoms with Crippen LogP contribution in [0.25, 0.3) is 5.69 Å². The summed E-state index contributed by atoms with van der Waals surface area (Å²) in [7, 11) is 0. The van der Waals surface area contributed by atoms with Gasteiger partial charge in [0.05, 0.1) is 11.4 Å². The zero-order valence-corrected chi connectivity index (χ0v) is 16.3. The lowest BCUT2D eigenvalue weighted by molar-refractivity contribution is 0.407. The maximum absolute atomic E-state index is 13.3. The summed E-state index contributed by atoms with van der Waals surface area (Å²) in [6, 6.07) is 13.3. The van der Waals surface area contributed by atoms with Gasteiger partial charge in [-0.1, -0.05) is 26.0 Å². The van der Waals surface area contributed by atoms with Crippen molar-refractivity contribution in [1.82, 2.24) is 15.1 Å². The maximum atomic E-state index is 13.3. The minimum atomic E-state index is -0.242. The fraction of sp³-hybridized carbons (Fsp3) is 0.348. The molecule has 0 spiro atoms. The molecule has 1 N–H and O–H groups in total. The zero-order chi connectivity index (χ0) is 19.7. The number of halogens is 2. The number of nitrogens with one attached hydrogen (secondary N) is 1. The van der Waals surface area contributed by atoms with E-state index in [1.165, 1.54) is 35.5 Å². The van der Waals surface area contributed by atoms with Crippen LogP contribution in [0.3, 0.4) is 0 Å². The number of aromatic nitrogens is 2. The first-order valence-electron chi connectivity index (χ1n) is 9.87. The van der Waals surface area contributed by atoms with E-state index in [4.69, 9.17) is 5.10 Å². The van der Waals surface area contributed by atoms with Crippen molar-refractivity contribution in [2.75, 3.05) is 0 Å². The highest BCUT2D eigenvalue weighted by Gasteiger charge is 2.24. The third-order valence-electron chi connectivity index (χ3n) is 5.47. The molecule has 146 valence electrons. The number of fused-ring (bicyclic) bond motifs is 1. The summed E-state index contributed by atoms with van der Waals surface area (Å²) in [6.07, 6.45) is 3.13. The van der Waals surface area contributed by atoms with Gasteiger partial charge in [-0.15, -0.1) is 0 Å². The molecule has 1 heterocycles. The number of benzene rings is 2. The van der Waals surface area contributed by atoms with E-state index in [-0.39, 0.29) is 17.7 Å². The molecular formula is C23H25F2N3. The van der Waals surface area contributed by atoms with E-state index in [1.54, 1.807) is 12.1 Å². The molecule has 5 heteroatoms. The summed E-state index contributed by atoms with van der Waals surface area (Å²) >= 11 is 0. The molecule has 1 aromatic heterocycles. The van der Waals surface area contributed by atoms with Gasteiger partial charge in [-0.2, -0.15) is 5.10 Å². The smallest absolute Gasteiger partial charge is 0.123 e. The summed E-state index contributed by atoms with van der Waals surface area (Å²) < 4.78 is 28.5. The Labute approximate surface area is 164 Å². The van der Waals surface area contributed by atoms with Crippen molar-refractivity contribution in [3.05, 3.63) is 82.7 Å². The molecular weight excluding hydrogens is 356 g/mol. The molecule has 0 radical (unpaired) electrons. The number of rotatable bonds is 6. The van der Waals surface area contributed by atoms with Gasteiger partial charge < -0.3 is 5.32 Å². The number of hydrogen-bond donors (Lipinski definition) is 1. The third-order valence-corrected chi connectivity index (χ3v) is 5.47. The summed E-state index contributed by atoms with van der Waals surface area (Å²) in [5, 5.41) is 8.46. The van der Waals surface area contributed by atoms with Crippen LogP contribution in [0.1, 0.15) is 48.8 Å². The topological polar surface area (TPSA) is 29.9 Å². The van der Waals surface area contributed by atoms with Gasteiger partial charge in [0.15, 0.2) is 0 Å². The largest absolute Gasteiger partial charge is 0.304 e. The summed E-state index contributed by atoms with van der Waals surface area (Å²) in [4.78, 5) is 0. The first kappa shape index (κ1) is 18.8. The van der Waals surface area contributed by atoms with E-state index in [1.807, 2.05) is 16.8 Å². The van der Waals surface area contributed by atoms with Gasteiger partial charge >= 0.3 is 0 Å². The molecule has 0 amide bonds. The van der Waals surface area contributed by atoms with Crippen molar-refractivity contribution >= 4 is 0 Å². The monoisotopic (exact) mass is 381 g/mol. The molecule has 1 atom stereocenters. The highest BCUT2D eigenvalue weighted by molar-refractivity contribution is 5.40. The fourth-order valence-electron chi connectivity index (χ4n) is 4.07. The lowest BCUT2D eigenvalue weighted by Gasteiger charge is -2.23. The van der Waals surface area contributed by atoms with Crippen LogP contribution >= 0.6 is 0 Å². The van der Waals surface area contributed by atoms with E-state index < -0.39 is 0 Å². The van der Waals surface area contributed by atoms with Gasteiger partial charge in [0.25, 0.3) is 0 Å². The fourth-order valence-corrected chi connectivity index (χ4v) is 4.07. The van der Waals surface area contributed by atoms with Crippen LogP contribution in [0, 0.1) is 17.6 Å². The van der Waals surface area contributed by atoms with Crippen molar-refractivity contribution in [1.29, 1.82) is 0 Å². The predicted octanol–water partition coefficient (Wildman–Crippen LogP) is 5.13. The van der Waals surface area contributed by atoms with Gasteiger partial charge in [0.1, 0.15) is 11.6 Å². The average Bonchev–Trinajstić information content (AvgIpc) is 3.27. The molecule has 0 aliphatic heterocycles. The molecule has 3 aromatic rings. The first-order valence-corrected chi connectivity index (χ1v) is 9.87. The van der Waals surface area contributed by atoms with Crippen LogP contribution in [0.15, 0.2) is 48.5 Å². The van der Waals surface area contributed by atoms with Crippen LogP contribution in [0.5, 0.6) is 0 Å². The van der Waals surface area contributed by atoms with Crippen LogP contribution in [0.4, 0.5) is 8.78 Å². The predicted molar refractivity (Wildman–Crippen MR) is 106 cm³/mol. The highest BCUT2D eigenvalue weighted by atomic mass is 19.1. The second kappa shape index (κ2) is 7.84. The van der Waals surface area contributed by atoms with Gasteiger partial charge in [0.2, 0.25) is 0 Å². The maximum Gasteiger partial charge on any atom is 0.123 e. The Morgan fingerprint density at radius 3 is 2.25 bits per heavy atom. The molecule has 2 aromatic carbocycles. The molecule has 4 rings (SSSR count). The molecule has 0 saturated heterocycles. The Morgan fingerprint density at radius 2 is 1.61 bits per heavy atom. The van der Waals surface area contributed by atoms with E-state index in [2.05, 4.69) is 19.2 Å². The molecule has 0 unspecified atom stereocenters. The second-order valence-corrected chi connectivity index (χ2v) is 7.77. The lowest BCUT2D eigenvalue weighted by atomic mass is 9.96. The number of nitrogens with zero attached hydrogens (tertiary/aromatic N) is 2. The first-order chi connectivity index (χ1) is 13.5. The van der Waals surface area contributed by atoms with Gasteiger partial charge in [-0.3, -0.25) is 0 Å². The van der Waals surface area contributed by atoms with Crippen molar-refractivity contribution in [3.8, 4) is 5.69 Å². The molecule has 0 fully saturated rings. The van der Waals surface area contributed by atoms with Crippen molar-refractivity contribution in [2.24, 2.45) is 5.92 Å². The highest BCUT2D eigenvalue weighted by Crippen LogP contribution is 2.29. The Bertz CT molecular complexity index is 943. The van der Waals surface area contributed by atoms with Gasteiger partial charge in [-0.05, 0) is 72.7 Å². The minimum absolute atomic E-state index is 0.119. The molecule has 3 nitrogen and oxygen atoms in total. The Kier molecular flexibility index (Phi) is 5.27. The van der Waals surface area contributed by atoms with Crippen molar-refractivity contribution in [2.45, 2.75) is 45.7 Å². The number of hydrogen-bond acceptors (Lipinski definition) is 2. The lowest BCUT2D eigenvalue weighted by Crippen LogP contribution is -2.26. The van der Waals surface area contributed by atoms with Gasteiger partial charge in [-0.25, -0.2) is 13.5 Å². The quantitative estimate of drug-likeness (QED) is 0.642. The Balaban J connectivity index is 1.58. The van der Waals surface area contributed by atoms with E-state index >= 15 is 0 Å². The van der Waals surface area contributed by atoms with Gasteiger partial charge in [0, 0.05) is 18.3 Å². The standard InChI is InChI=1S/C23H25F2N3/c1-15(2)23(16-6-8-17(24)9-7-16)26-14-21-20-4-3-5-22(20)28(27-21)19-12-10-18(25)11-13-19/h6-13,15,23,26H,3-5,14H2,1-2H3/t23-/m0/s1. The zero-order valence-electron chi connectivity index (χ0n) is 16.3. The molecule has 1 aliphatic carbocycles. The summed E-state index contributed by atoms with van der Waals surface area (Å²) in [6.45, 7) is 4.96. The molecule has 28 heavy (non-hydrogen) atoms. The van der Waals surface area contributed by atoms with Crippen LogP contribution in [-0.2, 0) is 19.4 Å². The van der Waals surface area contributed by atoms with E-state index in [9.17, 15) is 8.78 Å². The van der Waals surface area contributed by atoms with Crippen LogP contribution < -0.4 is 5.32 Å². The van der Waals surface area contributed by atoms with Crippen LogP contribution in [-0.4, -0.2) is 9.78 Å². The van der Waals surface area contributed by atoms with Crippen LogP contribution in [0.2, 0.25) is 0 Å². The molecule has 0 bridgehead atoms.